The SMILES string of the molecule is CCCC(F)(F)C(=O)C(CCCN=C(N)N)NC(=O)[C@@H]1CCCN1C(=O)[C@@H](Cc1ccccc1)NC.Cl.Cl. The number of alkyl halides is 2. The van der Waals surface area contributed by atoms with Gasteiger partial charge in [-0.25, -0.2) is 0 Å². The van der Waals surface area contributed by atoms with Gasteiger partial charge in [0.15, 0.2) is 5.96 Å². The van der Waals surface area contributed by atoms with E-state index in [9.17, 15) is 23.2 Å². The Morgan fingerprint density at radius 3 is 2.39 bits per heavy atom. The molecule has 0 saturated carbocycles. The molecule has 216 valence electrons. The van der Waals surface area contributed by atoms with Crippen LogP contribution in [0.25, 0.3) is 0 Å². The minimum atomic E-state index is -3.57. The number of hydrogen-bond acceptors (Lipinski definition) is 5. The summed E-state index contributed by atoms with van der Waals surface area (Å²) in [6.45, 7) is 2.07. The van der Waals surface area contributed by atoms with Crippen LogP contribution in [0.15, 0.2) is 35.3 Å². The summed E-state index contributed by atoms with van der Waals surface area (Å²) in [4.78, 5) is 44.4. The van der Waals surface area contributed by atoms with Crippen LogP contribution < -0.4 is 22.1 Å². The Bertz CT molecular complexity index is 920. The smallest absolute Gasteiger partial charge is 0.307 e. The van der Waals surface area contributed by atoms with E-state index in [0.29, 0.717) is 25.8 Å². The van der Waals surface area contributed by atoms with Crippen molar-refractivity contribution in [1.29, 1.82) is 0 Å². The molecule has 3 atom stereocenters. The number of benzene rings is 1. The third-order valence-corrected chi connectivity index (χ3v) is 6.27. The first-order valence-electron chi connectivity index (χ1n) is 12.4. The van der Waals surface area contributed by atoms with Gasteiger partial charge in [-0.2, -0.15) is 8.78 Å². The molecule has 9 nitrogen and oxygen atoms in total. The number of carbonyl (C=O) groups excluding carboxylic acids is 3. The van der Waals surface area contributed by atoms with E-state index in [4.69, 9.17) is 11.5 Å². The zero-order chi connectivity index (χ0) is 26.7. The predicted octanol–water partition coefficient (Wildman–Crippen LogP) is 2.19. The van der Waals surface area contributed by atoms with Gasteiger partial charge in [-0.15, -0.1) is 24.8 Å². The van der Waals surface area contributed by atoms with Gasteiger partial charge in [-0.1, -0.05) is 37.3 Å². The molecule has 1 heterocycles. The molecule has 1 aliphatic heterocycles. The van der Waals surface area contributed by atoms with Gasteiger partial charge in [-0.05, 0) is 51.1 Å². The summed E-state index contributed by atoms with van der Waals surface area (Å²) in [5, 5.41) is 5.52. The maximum Gasteiger partial charge on any atom is 0.307 e. The fraction of sp³-hybridized carbons (Fsp3) is 0.600. The zero-order valence-electron chi connectivity index (χ0n) is 21.8. The van der Waals surface area contributed by atoms with Crippen LogP contribution in [0.2, 0.25) is 0 Å². The van der Waals surface area contributed by atoms with Gasteiger partial charge in [0.05, 0.1) is 12.1 Å². The molecule has 1 fully saturated rings. The molecule has 1 aromatic carbocycles. The molecular weight excluding hydrogens is 541 g/mol. The lowest BCUT2D eigenvalue weighted by molar-refractivity contribution is -0.149. The van der Waals surface area contributed by atoms with Crippen LogP contribution in [0.5, 0.6) is 0 Å². The number of carbonyl (C=O) groups is 3. The maximum atomic E-state index is 14.5. The second-order valence-corrected chi connectivity index (χ2v) is 9.05. The average Bonchev–Trinajstić information content (AvgIpc) is 3.34. The second-order valence-electron chi connectivity index (χ2n) is 9.05. The van der Waals surface area contributed by atoms with Crippen molar-refractivity contribution < 1.29 is 23.2 Å². The summed E-state index contributed by atoms with van der Waals surface area (Å²) >= 11 is 0. The first-order chi connectivity index (χ1) is 17.1. The molecule has 0 radical (unpaired) electrons. The highest BCUT2D eigenvalue weighted by Crippen LogP contribution is 2.25. The maximum absolute atomic E-state index is 14.5. The van der Waals surface area contributed by atoms with Crippen molar-refractivity contribution >= 4 is 48.4 Å². The number of nitrogens with two attached hydrogens (primary N) is 2. The molecule has 0 spiro atoms. The largest absolute Gasteiger partial charge is 0.370 e. The van der Waals surface area contributed by atoms with Gasteiger partial charge in [-0.3, -0.25) is 19.4 Å². The molecule has 13 heteroatoms. The van der Waals surface area contributed by atoms with E-state index in [-0.39, 0.29) is 62.5 Å². The Labute approximate surface area is 235 Å². The van der Waals surface area contributed by atoms with Crippen molar-refractivity contribution in [3.05, 3.63) is 35.9 Å². The summed E-state index contributed by atoms with van der Waals surface area (Å²) < 4.78 is 28.9. The lowest BCUT2D eigenvalue weighted by atomic mass is 9.98. The number of likely N-dealkylation sites (tertiary alicyclic amines) is 1. The van der Waals surface area contributed by atoms with E-state index in [2.05, 4.69) is 15.6 Å². The summed E-state index contributed by atoms with van der Waals surface area (Å²) in [5.41, 5.74) is 11.6. The molecule has 2 amide bonds. The lowest BCUT2D eigenvalue weighted by Crippen LogP contribution is -2.56. The Balaban J connectivity index is 0.00000684. The molecular formula is C25H40Cl2F2N6O3. The summed E-state index contributed by atoms with van der Waals surface area (Å²) in [7, 11) is 1.68. The van der Waals surface area contributed by atoms with E-state index in [0.717, 1.165) is 5.56 Å². The molecule has 6 N–H and O–H groups in total. The zero-order valence-corrected chi connectivity index (χ0v) is 23.5. The predicted molar refractivity (Wildman–Crippen MR) is 149 cm³/mol. The van der Waals surface area contributed by atoms with Crippen molar-refractivity contribution in [2.75, 3.05) is 20.1 Å². The van der Waals surface area contributed by atoms with Crippen LogP contribution >= 0.6 is 24.8 Å². The summed E-state index contributed by atoms with van der Waals surface area (Å²) in [5.74, 6) is -5.90. The van der Waals surface area contributed by atoms with Gasteiger partial charge in [0, 0.05) is 19.5 Å². The quantitative estimate of drug-likeness (QED) is 0.151. The van der Waals surface area contributed by atoms with E-state index in [1.165, 1.54) is 4.90 Å². The van der Waals surface area contributed by atoms with Gasteiger partial charge in [0.1, 0.15) is 6.04 Å². The van der Waals surface area contributed by atoms with Crippen molar-refractivity contribution in [3.8, 4) is 0 Å². The monoisotopic (exact) mass is 580 g/mol. The molecule has 1 saturated heterocycles. The van der Waals surface area contributed by atoms with E-state index < -0.39 is 42.2 Å². The Kier molecular flexibility index (Phi) is 16.0. The highest BCUT2D eigenvalue weighted by atomic mass is 35.5. The minimum absolute atomic E-state index is 0. The fourth-order valence-electron chi connectivity index (χ4n) is 4.40. The van der Waals surface area contributed by atoms with Crippen LogP contribution in [-0.4, -0.2) is 72.6 Å². The topological polar surface area (TPSA) is 143 Å². The van der Waals surface area contributed by atoms with Crippen LogP contribution in [0, 0.1) is 0 Å². The van der Waals surface area contributed by atoms with Gasteiger partial charge >= 0.3 is 5.92 Å². The highest BCUT2D eigenvalue weighted by molar-refractivity contribution is 5.96. The van der Waals surface area contributed by atoms with Gasteiger partial charge in [0.2, 0.25) is 17.6 Å². The average molecular weight is 582 g/mol. The van der Waals surface area contributed by atoms with Gasteiger partial charge in [0.25, 0.3) is 0 Å². The number of nitrogens with zero attached hydrogens (tertiary/aromatic N) is 2. The van der Waals surface area contributed by atoms with Crippen LogP contribution in [0.4, 0.5) is 8.78 Å². The molecule has 0 aromatic heterocycles. The van der Waals surface area contributed by atoms with Gasteiger partial charge < -0.3 is 27.0 Å². The van der Waals surface area contributed by atoms with Crippen molar-refractivity contribution in [1.82, 2.24) is 15.5 Å². The van der Waals surface area contributed by atoms with Crippen LogP contribution in [0.1, 0.15) is 51.0 Å². The second kappa shape index (κ2) is 17.2. The number of nitrogens with one attached hydrogen (secondary N) is 2. The molecule has 1 unspecified atom stereocenters. The number of aliphatic imine (C=N–C) groups is 1. The Morgan fingerprint density at radius 1 is 1.16 bits per heavy atom. The molecule has 1 aromatic rings. The van der Waals surface area contributed by atoms with E-state index >= 15 is 0 Å². The molecule has 0 aliphatic carbocycles. The van der Waals surface area contributed by atoms with Crippen molar-refractivity contribution in [3.63, 3.8) is 0 Å². The van der Waals surface area contributed by atoms with Crippen molar-refractivity contribution in [2.45, 2.75) is 75.9 Å². The van der Waals surface area contributed by atoms with Crippen LogP contribution in [-0.2, 0) is 20.8 Å². The number of Topliss-reactive ketones (excluding diaryl/α,β-unsaturated/α-hetero) is 1. The van der Waals surface area contributed by atoms with E-state index in [1.807, 2.05) is 30.3 Å². The molecule has 2 rings (SSSR count). The van der Waals surface area contributed by atoms with Crippen LogP contribution in [0.3, 0.4) is 0 Å². The molecule has 1 aliphatic rings. The normalized spacial score (nSPS) is 16.4. The number of halogens is 4. The highest BCUT2D eigenvalue weighted by Gasteiger charge is 2.44. The Morgan fingerprint density at radius 2 is 1.82 bits per heavy atom. The minimum Gasteiger partial charge on any atom is -0.370 e. The summed E-state index contributed by atoms with van der Waals surface area (Å²) in [6.07, 6.45) is 1.11. The lowest BCUT2D eigenvalue weighted by Gasteiger charge is -2.30. The molecule has 0 bridgehead atoms. The number of likely N-dealkylation sites (N-methyl/N-ethyl adjacent to an activating group) is 1. The number of amides is 2. The van der Waals surface area contributed by atoms with E-state index in [1.54, 1.807) is 14.0 Å². The third kappa shape index (κ3) is 10.3. The first kappa shape index (κ1) is 35.5. The number of rotatable bonds is 14. The number of guanidine groups is 1. The number of hydrogen-bond donors (Lipinski definition) is 4. The fourth-order valence-corrected chi connectivity index (χ4v) is 4.40. The van der Waals surface area contributed by atoms with Crippen molar-refractivity contribution in [2.24, 2.45) is 16.5 Å². The standard InChI is InChI=1S/C25H38F2N6O3.2ClH/c1-3-13-25(26,27)21(34)18(11-7-14-31-24(28)29)32-22(35)20-12-8-15-33(20)23(36)19(30-2)16-17-9-5-4-6-10-17;;/h4-6,9-10,18-20,30H,3,7-8,11-16H2,1-2H3,(H,32,35)(H4,28,29,31);2*1H/t18?,19-,20+;;/m1../s1. The summed E-state index contributed by atoms with van der Waals surface area (Å²) in [6, 6.07) is 6.70. The Hall–Kier alpha value is -2.50. The molecule has 38 heavy (non-hydrogen) atoms. The third-order valence-electron chi connectivity index (χ3n) is 6.27. The number of ketones is 1. The first-order valence-corrected chi connectivity index (χ1v) is 12.4.